The molecule has 0 saturated carbocycles. The summed E-state index contributed by atoms with van der Waals surface area (Å²) in [5.74, 6) is 0.732. The molecule has 124 valence electrons. The van der Waals surface area contributed by atoms with Crippen LogP contribution in [0.3, 0.4) is 0 Å². The number of ether oxygens (including phenoxy) is 1. The third kappa shape index (κ3) is 3.71. The minimum atomic E-state index is -3.67. The maximum atomic E-state index is 12.7. The summed E-state index contributed by atoms with van der Waals surface area (Å²) in [6, 6.07) is 4.91. The quantitative estimate of drug-likeness (QED) is 0.849. The number of fused-ring (bicyclic) bond motifs is 1. The normalized spacial score (nSPS) is 20.1. The van der Waals surface area contributed by atoms with Crippen LogP contribution in [-0.2, 0) is 10.0 Å². The smallest absolute Gasteiger partial charge is 0.246 e. The zero-order chi connectivity index (χ0) is 16.3. The maximum absolute atomic E-state index is 12.7. The first-order valence-corrected chi connectivity index (χ1v) is 8.93. The van der Waals surface area contributed by atoms with E-state index >= 15 is 0 Å². The Morgan fingerprint density at radius 1 is 1.45 bits per heavy atom. The highest BCUT2D eigenvalue weighted by atomic mass is 32.2. The third-order valence-electron chi connectivity index (χ3n) is 3.59. The molecular weight excluding hydrogens is 304 g/mol. The van der Waals surface area contributed by atoms with Crippen molar-refractivity contribution in [1.29, 1.82) is 0 Å². The number of rotatable bonds is 5. The molecule has 0 saturated heterocycles. The van der Waals surface area contributed by atoms with E-state index in [4.69, 9.17) is 9.84 Å². The topological polar surface area (TPSA) is 78.9 Å². The van der Waals surface area contributed by atoms with Crippen molar-refractivity contribution in [2.24, 2.45) is 5.92 Å². The van der Waals surface area contributed by atoms with Crippen molar-refractivity contribution >= 4 is 15.7 Å². The molecule has 0 radical (unpaired) electrons. The predicted molar refractivity (Wildman–Crippen MR) is 85.9 cm³/mol. The van der Waals surface area contributed by atoms with Gasteiger partial charge >= 0.3 is 0 Å². The summed E-state index contributed by atoms with van der Waals surface area (Å²) in [6.45, 7) is 4.71. The van der Waals surface area contributed by atoms with Gasteiger partial charge in [-0.1, -0.05) is 19.9 Å². The summed E-state index contributed by atoms with van der Waals surface area (Å²) in [6.07, 6.45) is 0.717. The van der Waals surface area contributed by atoms with Gasteiger partial charge in [-0.25, -0.2) is 13.1 Å². The van der Waals surface area contributed by atoms with E-state index in [1.165, 1.54) is 0 Å². The van der Waals surface area contributed by atoms with Crippen LogP contribution in [0.25, 0.3) is 0 Å². The number of nitrogens with zero attached hydrogens (tertiary/aromatic N) is 1. The lowest BCUT2D eigenvalue weighted by Crippen LogP contribution is -2.38. The molecule has 2 rings (SSSR count). The molecule has 0 fully saturated rings. The molecule has 1 aliphatic rings. The minimum absolute atomic E-state index is 0.0511. The molecule has 1 aromatic carbocycles. The number of likely N-dealkylation sites (N-methyl/N-ethyl adjacent to an activating group) is 1. The molecule has 0 spiro atoms. The zero-order valence-corrected chi connectivity index (χ0v) is 14.1. The fourth-order valence-corrected chi connectivity index (χ4v) is 4.26. The Kier molecular flexibility index (Phi) is 5.31. The Hall–Kier alpha value is -1.31. The number of aliphatic hydroxyl groups is 1. The van der Waals surface area contributed by atoms with Gasteiger partial charge in [-0.15, -0.1) is 0 Å². The van der Waals surface area contributed by atoms with E-state index in [1.807, 2.05) is 13.8 Å². The monoisotopic (exact) mass is 328 g/mol. The van der Waals surface area contributed by atoms with Crippen LogP contribution in [0.4, 0.5) is 5.69 Å². The van der Waals surface area contributed by atoms with Crippen LogP contribution in [0.2, 0.25) is 0 Å². The van der Waals surface area contributed by atoms with Crippen molar-refractivity contribution in [3.63, 3.8) is 0 Å². The summed E-state index contributed by atoms with van der Waals surface area (Å²) >= 11 is 0. The minimum Gasteiger partial charge on any atom is -0.490 e. The van der Waals surface area contributed by atoms with Crippen LogP contribution < -0.4 is 14.4 Å². The van der Waals surface area contributed by atoms with Crippen molar-refractivity contribution in [2.45, 2.75) is 31.2 Å². The van der Waals surface area contributed by atoms with E-state index in [0.29, 0.717) is 30.5 Å². The molecule has 0 aliphatic carbocycles. The molecule has 1 heterocycles. The number of nitrogens with one attached hydrogen (secondary N) is 1. The Morgan fingerprint density at radius 3 is 2.82 bits per heavy atom. The molecule has 0 amide bonds. The first-order chi connectivity index (χ1) is 10.3. The second-order valence-corrected chi connectivity index (χ2v) is 7.66. The summed E-state index contributed by atoms with van der Waals surface area (Å²) in [7, 11) is -1.92. The summed E-state index contributed by atoms with van der Waals surface area (Å²) in [4.78, 5) is 1.86. The van der Waals surface area contributed by atoms with Gasteiger partial charge in [-0.2, -0.15) is 0 Å². The molecule has 1 aliphatic heterocycles. The van der Waals surface area contributed by atoms with E-state index in [9.17, 15) is 8.42 Å². The van der Waals surface area contributed by atoms with Gasteiger partial charge in [0.2, 0.25) is 10.0 Å². The highest BCUT2D eigenvalue weighted by Crippen LogP contribution is 2.35. The Morgan fingerprint density at radius 2 is 2.18 bits per heavy atom. The van der Waals surface area contributed by atoms with Crippen LogP contribution in [0.1, 0.15) is 20.3 Å². The number of sulfonamides is 1. The highest BCUT2D eigenvalue weighted by Gasteiger charge is 2.31. The van der Waals surface area contributed by atoms with E-state index < -0.39 is 10.0 Å². The van der Waals surface area contributed by atoms with Crippen LogP contribution in [-0.4, -0.2) is 46.4 Å². The van der Waals surface area contributed by atoms with Gasteiger partial charge in [0.25, 0.3) is 0 Å². The zero-order valence-electron chi connectivity index (χ0n) is 13.2. The molecular formula is C15H24N2O4S. The van der Waals surface area contributed by atoms with Gasteiger partial charge in [-0.05, 0) is 24.5 Å². The molecule has 1 aromatic rings. The van der Waals surface area contributed by atoms with Crippen molar-refractivity contribution in [3.05, 3.63) is 18.2 Å². The SMILES string of the molecule is CC(C)C[C@H]1COc2cccc(N(C)CCO)c2S(=O)(=O)N1. The van der Waals surface area contributed by atoms with Crippen molar-refractivity contribution in [3.8, 4) is 5.75 Å². The average molecular weight is 328 g/mol. The van der Waals surface area contributed by atoms with E-state index in [-0.39, 0.29) is 17.5 Å². The largest absolute Gasteiger partial charge is 0.490 e. The lowest BCUT2D eigenvalue weighted by Gasteiger charge is -2.22. The Bertz CT molecular complexity index is 616. The average Bonchev–Trinajstić information content (AvgIpc) is 2.55. The fraction of sp³-hybridized carbons (Fsp3) is 0.600. The van der Waals surface area contributed by atoms with Gasteiger partial charge in [0.1, 0.15) is 17.3 Å². The van der Waals surface area contributed by atoms with Gasteiger partial charge in [0.05, 0.1) is 18.3 Å². The summed E-state index contributed by atoms with van der Waals surface area (Å²) in [5.41, 5.74) is 0.532. The van der Waals surface area contributed by atoms with Gasteiger partial charge in [0, 0.05) is 13.6 Å². The first-order valence-electron chi connectivity index (χ1n) is 7.45. The van der Waals surface area contributed by atoms with E-state index in [1.54, 1.807) is 30.1 Å². The Balaban J connectivity index is 2.42. The number of hydrogen-bond donors (Lipinski definition) is 2. The van der Waals surface area contributed by atoms with Crippen LogP contribution in [0.15, 0.2) is 23.1 Å². The van der Waals surface area contributed by atoms with Crippen LogP contribution in [0.5, 0.6) is 5.75 Å². The number of hydrogen-bond acceptors (Lipinski definition) is 5. The third-order valence-corrected chi connectivity index (χ3v) is 5.18. The molecule has 0 bridgehead atoms. The number of anilines is 1. The van der Waals surface area contributed by atoms with Gasteiger partial charge in [-0.3, -0.25) is 0 Å². The first kappa shape index (κ1) is 17.1. The molecule has 7 heteroatoms. The second kappa shape index (κ2) is 6.85. The Labute approximate surface area is 132 Å². The molecule has 22 heavy (non-hydrogen) atoms. The fourth-order valence-electron chi connectivity index (χ4n) is 2.65. The molecule has 0 aromatic heterocycles. The van der Waals surface area contributed by atoms with Gasteiger partial charge in [0.15, 0.2) is 0 Å². The van der Waals surface area contributed by atoms with E-state index in [2.05, 4.69) is 4.72 Å². The summed E-state index contributed by atoms with van der Waals surface area (Å²) < 4.78 is 33.9. The highest BCUT2D eigenvalue weighted by molar-refractivity contribution is 7.89. The molecule has 6 nitrogen and oxygen atoms in total. The lowest BCUT2D eigenvalue weighted by atomic mass is 10.1. The lowest BCUT2D eigenvalue weighted by molar-refractivity contribution is 0.262. The standard InChI is InChI=1S/C15H24N2O4S/c1-11(2)9-12-10-21-14-6-4-5-13(17(3)7-8-18)15(14)22(19,20)16-12/h4-6,11-12,16,18H,7-10H2,1-3H3/t12-/m0/s1. The van der Waals surface area contributed by atoms with Crippen LogP contribution >= 0.6 is 0 Å². The molecule has 1 atom stereocenters. The molecule has 0 unspecified atom stereocenters. The predicted octanol–water partition coefficient (Wildman–Crippen LogP) is 1.20. The van der Waals surface area contributed by atoms with Crippen LogP contribution in [0, 0.1) is 5.92 Å². The van der Waals surface area contributed by atoms with Gasteiger partial charge < -0.3 is 14.7 Å². The van der Waals surface area contributed by atoms with Crippen molar-refractivity contribution < 1.29 is 18.3 Å². The number of aliphatic hydroxyl groups excluding tert-OH is 1. The molecule has 2 N–H and O–H groups in total. The number of benzene rings is 1. The van der Waals surface area contributed by atoms with E-state index in [0.717, 1.165) is 6.42 Å². The maximum Gasteiger partial charge on any atom is 0.246 e. The van der Waals surface area contributed by atoms with Crippen molar-refractivity contribution in [2.75, 3.05) is 31.7 Å². The second-order valence-electron chi connectivity index (χ2n) is 6.01. The van der Waals surface area contributed by atoms with Crippen molar-refractivity contribution in [1.82, 2.24) is 4.72 Å². The summed E-state index contributed by atoms with van der Waals surface area (Å²) in [5, 5.41) is 9.09.